The number of fused-ring (bicyclic) bond motifs is 1. The molecule has 0 aliphatic heterocycles. The first-order valence-corrected chi connectivity index (χ1v) is 8.51. The Morgan fingerprint density at radius 1 is 0.889 bits per heavy atom. The van der Waals surface area contributed by atoms with Crippen LogP contribution in [0, 0.1) is 5.82 Å². The predicted molar refractivity (Wildman–Crippen MR) is 102 cm³/mol. The van der Waals surface area contributed by atoms with E-state index in [9.17, 15) is 14.6 Å². The lowest BCUT2D eigenvalue weighted by molar-refractivity contribution is 0.414. The second-order valence-electron chi connectivity index (χ2n) is 6.34. The molecule has 0 aliphatic rings. The van der Waals surface area contributed by atoms with Crippen molar-refractivity contribution < 1.29 is 19.3 Å². The number of rotatable bonds is 4. The minimum absolute atomic E-state index is 0.0734. The molecule has 0 spiro atoms. The van der Waals surface area contributed by atoms with Gasteiger partial charge < -0.3 is 14.9 Å². The van der Waals surface area contributed by atoms with Crippen LogP contribution in [-0.4, -0.2) is 21.9 Å². The molecule has 0 atom stereocenters. The fourth-order valence-electron chi connectivity index (χ4n) is 3.31. The standard InChI is InChI=1S/C22H18FNO3/c1-27-18-10-11-19-20(13-18)22(26)24(16-6-4-15(23)5-7-16)21(19)12-14-2-8-17(25)9-3-14/h2-11,13,25-26H,12H2,1H3. The van der Waals surface area contributed by atoms with E-state index in [-0.39, 0.29) is 17.4 Å². The molecule has 27 heavy (non-hydrogen) atoms. The highest BCUT2D eigenvalue weighted by atomic mass is 19.1. The molecule has 1 aromatic heterocycles. The SMILES string of the molecule is COc1ccc2c(Cc3ccc(O)cc3)n(-c3ccc(F)cc3)c(O)c2c1. The molecule has 4 aromatic rings. The summed E-state index contributed by atoms with van der Waals surface area (Å²) in [5.74, 6) is 0.580. The molecule has 1 heterocycles. The Bertz CT molecular complexity index is 1100. The van der Waals surface area contributed by atoms with Crippen LogP contribution in [-0.2, 0) is 6.42 Å². The van der Waals surface area contributed by atoms with Gasteiger partial charge in [-0.15, -0.1) is 0 Å². The average molecular weight is 363 g/mol. The summed E-state index contributed by atoms with van der Waals surface area (Å²) in [6.45, 7) is 0. The largest absolute Gasteiger partial charge is 0.508 e. The van der Waals surface area contributed by atoms with E-state index in [1.165, 1.54) is 12.1 Å². The van der Waals surface area contributed by atoms with E-state index in [0.29, 0.717) is 23.2 Å². The first kappa shape index (κ1) is 17.0. The third kappa shape index (κ3) is 3.08. The van der Waals surface area contributed by atoms with Crippen LogP contribution >= 0.6 is 0 Å². The third-order valence-electron chi connectivity index (χ3n) is 4.65. The lowest BCUT2D eigenvalue weighted by Crippen LogP contribution is -2.01. The summed E-state index contributed by atoms with van der Waals surface area (Å²) < 4.78 is 20.4. The van der Waals surface area contributed by atoms with E-state index < -0.39 is 0 Å². The maximum absolute atomic E-state index is 13.4. The lowest BCUT2D eigenvalue weighted by Gasteiger charge is -2.11. The molecule has 0 amide bonds. The van der Waals surface area contributed by atoms with Gasteiger partial charge >= 0.3 is 0 Å². The first-order valence-electron chi connectivity index (χ1n) is 8.51. The van der Waals surface area contributed by atoms with Gasteiger partial charge in [0.1, 0.15) is 17.3 Å². The second kappa shape index (κ2) is 6.68. The van der Waals surface area contributed by atoms with Crippen LogP contribution in [0.4, 0.5) is 4.39 Å². The summed E-state index contributed by atoms with van der Waals surface area (Å²) in [6.07, 6.45) is 0.529. The molecule has 0 fully saturated rings. The van der Waals surface area contributed by atoms with Gasteiger partial charge in [-0.25, -0.2) is 4.39 Å². The maximum atomic E-state index is 13.4. The number of ether oxygens (including phenoxy) is 1. The molecule has 0 radical (unpaired) electrons. The number of phenolic OH excluding ortho intramolecular Hbond substituents is 1. The number of nitrogens with zero attached hydrogens (tertiary/aromatic N) is 1. The van der Waals surface area contributed by atoms with Crippen LogP contribution < -0.4 is 4.74 Å². The van der Waals surface area contributed by atoms with Crippen LogP contribution in [0.5, 0.6) is 17.4 Å². The van der Waals surface area contributed by atoms with Crippen molar-refractivity contribution in [2.45, 2.75) is 6.42 Å². The van der Waals surface area contributed by atoms with Gasteiger partial charge in [-0.3, -0.25) is 4.57 Å². The minimum atomic E-state index is -0.336. The second-order valence-corrected chi connectivity index (χ2v) is 6.34. The van der Waals surface area contributed by atoms with Crippen molar-refractivity contribution in [1.82, 2.24) is 4.57 Å². The number of phenols is 1. The van der Waals surface area contributed by atoms with E-state index in [0.717, 1.165) is 16.6 Å². The monoisotopic (exact) mass is 363 g/mol. The minimum Gasteiger partial charge on any atom is -0.508 e. The molecule has 0 saturated heterocycles. The zero-order chi connectivity index (χ0) is 19.0. The van der Waals surface area contributed by atoms with Crippen molar-refractivity contribution in [3.63, 3.8) is 0 Å². The Labute approximate surface area is 155 Å². The smallest absolute Gasteiger partial charge is 0.204 e. The number of aromatic hydroxyl groups is 2. The molecular weight excluding hydrogens is 345 g/mol. The Hall–Kier alpha value is -3.47. The normalized spacial score (nSPS) is 11.0. The summed E-state index contributed by atoms with van der Waals surface area (Å²) in [5, 5.41) is 22.0. The first-order chi connectivity index (χ1) is 13.1. The van der Waals surface area contributed by atoms with E-state index in [1.807, 2.05) is 24.3 Å². The zero-order valence-electron chi connectivity index (χ0n) is 14.7. The van der Waals surface area contributed by atoms with Crippen molar-refractivity contribution in [2.75, 3.05) is 7.11 Å². The number of hydrogen-bond donors (Lipinski definition) is 2. The number of benzene rings is 3. The van der Waals surface area contributed by atoms with E-state index >= 15 is 0 Å². The summed E-state index contributed by atoms with van der Waals surface area (Å²) in [5.41, 5.74) is 2.51. The summed E-state index contributed by atoms with van der Waals surface area (Å²) in [6, 6.07) is 18.5. The van der Waals surface area contributed by atoms with Crippen LogP contribution in [0.15, 0.2) is 66.7 Å². The van der Waals surface area contributed by atoms with Crippen molar-refractivity contribution >= 4 is 10.8 Å². The highest BCUT2D eigenvalue weighted by Gasteiger charge is 2.19. The van der Waals surface area contributed by atoms with Gasteiger partial charge in [-0.2, -0.15) is 0 Å². The van der Waals surface area contributed by atoms with Gasteiger partial charge in [0, 0.05) is 28.6 Å². The summed E-state index contributed by atoms with van der Waals surface area (Å²) in [7, 11) is 1.58. The molecule has 136 valence electrons. The fraction of sp³-hybridized carbons (Fsp3) is 0.0909. The lowest BCUT2D eigenvalue weighted by atomic mass is 10.1. The Morgan fingerprint density at radius 3 is 2.26 bits per heavy atom. The predicted octanol–water partition coefficient (Wildman–Crippen LogP) is 4.78. The topological polar surface area (TPSA) is 54.6 Å². The van der Waals surface area contributed by atoms with Gasteiger partial charge in [-0.05, 0) is 60.2 Å². The van der Waals surface area contributed by atoms with E-state index in [4.69, 9.17) is 4.74 Å². The van der Waals surface area contributed by atoms with Gasteiger partial charge in [-0.1, -0.05) is 12.1 Å². The van der Waals surface area contributed by atoms with E-state index in [2.05, 4.69) is 0 Å². The molecule has 5 heteroatoms. The summed E-state index contributed by atoms with van der Waals surface area (Å²) >= 11 is 0. The molecular formula is C22H18FNO3. The molecule has 0 bridgehead atoms. The van der Waals surface area contributed by atoms with Gasteiger partial charge in [0.15, 0.2) is 0 Å². The highest BCUT2D eigenvalue weighted by Crippen LogP contribution is 2.37. The number of methoxy groups -OCH3 is 1. The molecule has 2 N–H and O–H groups in total. The third-order valence-corrected chi connectivity index (χ3v) is 4.65. The average Bonchev–Trinajstić information content (AvgIpc) is 2.95. The van der Waals surface area contributed by atoms with Gasteiger partial charge in [0.25, 0.3) is 0 Å². The molecule has 0 unspecified atom stereocenters. The van der Waals surface area contributed by atoms with Crippen LogP contribution in [0.1, 0.15) is 11.3 Å². The van der Waals surface area contributed by atoms with Crippen LogP contribution in [0.3, 0.4) is 0 Å². The molecule has 4 rings (SSSR count). The fourth-order valence-corrected chi connectivity index (χ4v) is 3.31. The number of aromatic nitrogens is 1. The maximum Gasteiger partial charge on any atom is 0.204 e. The van der Waals surface area contributed by atoms with Crippen LogP contribution in [0.2, 0.25) is 0 Å². The van der Waals surface area contributed by atoms with E-state index in [1.54, 1.807) is 42.0 Å². The number of hydrogen-bond acceptors (Lipinski definition) is 3. The molecule has 0 saturated carbocycles. The van der Waals surface area contributed by atoms with Gasteiger partial charge in [0.2, 0.25) is 5.88 Å². The molecule has 4 nitrogen and oxygen atoms in total. The van der Waals surface area contributed by atoms with Crippen molar-refractivity contribution in [1.29, 1.82) is 0 Å². The van der Waals surface area contributed by atoms with Crippen molar-refractivity contribution in [3.8, 4) is 23.1 Å². The molecule has 3 aromatic carbocycles. The van der Waals surface area contributed by atoms with Crippen LogP contribution in [0.25, 0.3) is 16.5 Å². The quantitative estimate of drug-likeness (QED) is 0.549. The zero-order valence-corrected chi connectivity index (χ0v) is 14.7. The Balaban J connectivity index is 1.94. The Kier molecular flexibility index (Phi) is 4.20. The highest BCUT2D eigenvalue weighted by molar-refractivity contribution is 5.93. The van der Waals surface area contributed by atoms with Gasteiger partial charge in [0.05, 0.1) is 7.11 Å². The van der Waals surface area contributed by atoms with Crippen molar-refractivity contribution in [2.24, 2.45) is 0 Å². The van der Waals surface area contributed by atoms with Crippen molar-refractivity contribution in [3.05, 3.63) is 83.8 Å². The summed E-state index contributed by atoms with van der Waals surface area (Å²) in [4.78, 5) is 0. The molecule has 0 aliphatic carbocycles. The number of halogens is 1. The Morgan fingerprint density at radius 2 is 1.59 bits per heavy atom.